The maximum Gasteiger partial charge on any atom is 0.251 e. The third kappa shape index (κ3) is 5.01. The number of nitrogens with zero attached hydrogens (tertiary/aromatic N) is 1. The first-order valence-electron chi connectivity index (χ1n) is 9.04. The number of aryl methyl sites for hydroxylation is 1. The van der Waals surface area contributed by atoms with Gasteiger partial charge in [-0.3, -0.25) is 9.10 Å². The summed E-state index contributed by atoms with van der Waals surface area (Å²) >= 11 is 0. The van der Waals surface area contributed by atoms with E-state index >= 15 is 0 Å². The van der Waals surface area contributed by atoms with Gasteiger partial charge in [0, 0.05) is 12.1 Å². The van der Waals surface area contributed by atoms with E-state index < -0.39 is 10.0 Å². The Morgan fingerprint density at radius 2 is 1.78 bits per heavy atom. The van der Waals surface area contributed by atoms with Gasteiger partial charge in [-0.15, -0.1) is 0 Å². The molecule has 0 aliphatic carbocycles. The van der Waals surface area contributed by atoms with Crippen molar-refractivity contribution >= 4 is 21.6 Å². The summed E-state index contributed by atoms with van der Waals surface area (Å²) in [6, 6.07) is 14.4. The second kappa shape index (κ2) is 8.43. The molecule has 1 aliphatic heterocycles. The number of nitrogens with one attached hydrogen (secondary N) is 1. The molecule has 2 aromatic rings. The summed E-state index contributed by atoms with van der Waals surface area (Å²) in [5, 5.41) is 2.80. The molecule has 0 spiro atoms. The molecule has 0 radical (unpaired) electrons. The summed E-state index contributed by atoms with van der Waals surface area (Å²) in [7, 11) is -3.24. The summed E-state index contributed by atoms with van der Waals surface area (Å²) in [6.07, 6.45) is 1.55. The zero-order valence-electron chi connectivity index (χ0n) is 15.3. The highest BCUT2D eigenvalue weighted by molar-refractivity contribution is 7.92. The molecular formula is C20H24N2O4S. The second-order valence-corrected chi connectivity index (χ2v) is 8.57. The molecule has 7 heteroatoms. The van der Waals surface area contributed by atoms with Crippen LogP contribution in [0.4, 0.5) is 5.69 Å². The summed E-state index contributed by atoms with van der Waals surface area (Å²) in [5.41, 5.74) is 2.26. The number of carbonyl (C=O) groups is 1. The minimum atomic E-state index is -3.24. The van der Waals surface area contributed by atoms with E-state index in [1.54, 1.807) is 24.3 Å². The first kappa shape index (κ1) is 19.2. The van der Waals surface area contributed by atoms with Gasteiger partial charge in [-0.25, -0.2) is 8.42 Å². The molecule has 1 amide bonds. The minimum absolute atomic E-state index is 0.177. The standard InChI is InChI=1S/C20H24N2O4S/c1-16-4-10-19(11-5-16)26-14-12-21-20(23)17-6-8-18(9-7-17)22-13-2-3-15-27(22,24)25/h4-11H,2-3,12-15H2,1H3,(H,21,23). The first-order valence-corrected chi connectivity index (χ1v) is 10.6. The number of carbonyl (C=O) groups excluding carboxylic acids is 1. The van der Waals surface area contributed by atoms with Crippen LogP contribution in [0.1, 0.15) is 28.8 Å². The topological polar surface area (TPSA) is 75.7 Å². The van der Waals surface area contributed by atoms with E-state index in [0.717, 1.165) is 17.7 Å². The maximum absolute atomic E-state index is 12.2. The van der Waals surface area contributed by atoms with Crippen molar-refractivity contribution < 1.29 is 17.9 Å². The van der Waals surface area contributed by atoms with Gasteiger partial charge in [-0.05, 0) is 56.2 Å². The predicted molar refractivity (Wildman–Crippen MR) is 106 cm³/mol. The number of anilines is 1. The van der Waals surface area contributed by atoms with Crippen molar-refractivity contribution in [1.82, 2.24) is 5.32 Å². The molecule has 0 aromatic heterocycles. The molecule has 27 heavy (non-hydrogen) atoms. The Hall–Kier alpha value is -2.54. The van der Waals surface area contributed by atoms with Crippen LogP contribution >= 0.6 is 0 Å². The lowest BCUT2D eigenvalue weighted by Gasteiger charge is -2.28. The molecule has 6 nitrogen and oxygen atoms in total. The van der Waals surface area contributed by atoms with Gasteiger partial charge in [0.1, 0.15) is 12.4 Å². The van der Waals surface area contributed by atoms with E-state index in [-0.39, 0.29) is 11.7 Å². The van der Waals surface area contributed by atoms with Gasteiger partial charge in [-0.2, -0.15) is 0 Å². The Morgan fingerprint density at radius 1 is 1.07 bits per heavy atom. The monoisotopic (exact) mass is 388 g/mol. The third-order valence-corrected chi connectivity index (χ3v) is 6.31. The number of hydrogen-bond donors (Lipinski definition) is 1. The zero-order valence-corrected chi connectivity index (χ0v) is 16.2. The summed E-state index contributed by atoms with van der Waals surface area (Å²) in [4.78, 5) is 12.2. The van der Waals surface area contributed by atoms with Crippen molar-refractivity contribution in [3.05, 3.63) is 59.7 Å². The van der Waals surface area contributed by atoms with E-state index in [2.05, 4.69) is 5.32 Å². The van der Waals surface area contributed by atoms with Gasteiger partial charge in [0.05, 0.1) is 18.0 Å². The molecule has 3 rings (SSSR count). The molecule has 1 aliphatic rings. The first-order chi connectivity index (χ1) is 13.0. The normalized spacial score (nSPS) is 16.0. The van der Waals surface area contributed by atoms with E-state index in [9.17, 15) is 13.2 Å². The summed E-state index contributed by atoms with van der Waals surface area (Å²) in [5.74, 6) is 0.730. The third-order valence-electron chi connectivity index (χ3n) is 4.44. The fourth-order valence-corrected chi connectivity index (χ4v) is 4.57. The van der Waals surface area contributed by atoms with E-state index in [1.165, 1.54) is 4.31 Å². The molecule has 0 atom stereocenters. The Balaban J connectivity index is 1.51. The Labute approximate surface area is 160 Å². The van der Waals surface area contributed by atoms with Gasteiger partial charge in [0.2, 0.25) is 10.0 Å². The van der Waals surface area contributed by atoms with E-state index in [1.807, 2.05) is 31.2 Å². The van der Waals surface area contributed by atoms with E-state index in [0.29, 0.717) is 37.4 Å². The number of amides is 1. The van der Waals surface area contributed by atoms with Crippen molar-refractivity contribution in [3.63, 3.8) is 0 Å². The number of hydrogen-bond acceptors (Lipinski definition) is 4. The van der Waals surface area contributed by atoms with Crippen LogP contribution in [0.5, 0.6) is 5.75 Å². The lowest BCUT2D eigenvalue weighted by Crippen LogP contribution is -2.37. The summed E-state index contributed by atoms with van der Waals surface area (Å²) < 4.78 is 31.3. The zero-order chi connectivity index (χ0) is 19.3. The number of rotatable bonds is 6. The minimum Gasteiger partial charge on any atom is -0.492 e. The highest BCUT2D eigenvalue weighted by Crippen LogP contribution is 2.23. The van der Waals surface area contributed by atoms with Gasteiger partial charge in [-0.1, -0.05) is 17.7 Å². The van der Waals surface area contributed by atoms with Gasteiger partial charge in [0.15, 0.2) is 0 Å². The van der Waals surface area contributed by atoms with Crippen LogP contribution in [0.25, 0.3) is 0 Å². The average Bonchev–Trinajstić information content (AvgIpc) is 2.66. The Kier molecular flexibility index (Phi) is 6.01. The lowest BCUT2D eigenvalue weighted by molar-refractivity contribution is 0.0947. The lowest BCUT2D eigenvalue weighted by atomic mass is 10.2. The van der Waals surface area contributed by atoms with Gasteiger partial charge >= 0.3 is 0 Å². The fourth-order valence-electron chi connectivity index (χ4n) is 2.93. The second-order valence-electron chi connectivity index (χ2n) is 6.56. The van der Waals surface area contributed by atoms with Crippen molar-refractivity contribution in [2.75, 3.05) is 29.8 Å². The molecule has 1 saturated heterocycles. The summed E-state index contributed by atoms with van der Waals surface area (Å²) in [6.45, 7) is 3.26. The SMILES string of the molecule is Cc1ccc(OCCNC(=O)c2ccc(N3CCCCS3(=O)=O)cc2)cc1. The van der Waals surface area contributed by atoms with Crippen LogP contribution in [0.2, 0.25) is 0 Å². The smallest absolute Gasteiger partial charge is 0.251 e. The molecule has 0 saturated carbocycles. The van der Waals surface area contributed by atoms with Crippen LogP contribution in [0, 0.1) is 6.92 Å². The molecule has 1 heterocycles. The van der Waals surface area contributed by atoms with Gasteiger partial charge < -0.3 is 10.1 Å². The molecule has 0 unspecified atom stereocenters. The van der Waals surface area contributed by atoms with Gasteiger partial charge in [0.25, 0.3) is 5.91 Å². The molecule has 144 valence electrons. The molecule has 2 aromatic carbocycles. The van der Waals surface area contributed by atoms with Crippen molar-refractivity contribution in [3.8, 4) is 5.75 Å². The Morgan fingerprint density at radius 3 is 2.44 bits per heavy atom. The molecular weight excluding hydrogens is 364 g/mol. The number of benzene rings is 2. The van der Waals surface area contributed by atoms with Crippen LogP contribution in [0.3, 0.4) is 0 Å². The highest BCUT2D eigenvalue weighted by atomic mass is 32.2. The quantitative estimate of drug-likeness (QED) is 0.772. The van der Waals surface area contributed by atoms with Crippen LogP contribution < -0.4 is 14.4 Å². The largest absolute Gasteiger partial charge is 0.492 e. The predicted octanol–water partition coefficient (Wildman–Crippen LogP) is 2.73. The molecule has 1 N–H and O–H groups in total. The van der Waals surface area contributed by atoms with Crippen molar-refractivity contribution in [1.29, 1.82) is 0 Å². The molecule has 0 bridgehead atoms. The van der Waals surface area contributed by atoms with Crippen LogP contribution in [-0.4, -0.2) is 39.8 Å². The molecule has 1 fully saturated rings. The number of ether oxygens (including phenoxy) is 1. The maximum atomic E-state index is 12.2. The van der Waals surface area contributed by atoms with Crippen molar-refractivity contribution in [2.24, 2.45) is 0 Å². The van der Waals surface area contributed by atoms with E-state index in [4.69, 9.17) is 4.74 Å². The highest BCUT2D eigenvalue weighted by Gasteiger charge is 2.25. The van der Waals surface area contributed by atoms with Crippen LogP contribution in [0.15, 0.2) is 48.5 Å². The van der Waals surface area contributed by atoms with Crippen molar-refractivity contribution in [2.45, 2.75) is 19.8 Å². The fraction of sp³-hybridized carbons (Fsp3) is 0.350. The number of sulfonamides is 1. The Bertz CT molecular complexity index is 877. The average molecular weight is 388 g/mol. The van der Waals surface area contributed by atoms with Crippen LogP contribution in [-0.2, 0) is 10.0 Å².